The monoisotopic (exact) mass is 276 g/mol. The van der Waals surface area contributed by atoms with Gasteiger partial charge >= 0.3 is 0 Å². The minimum absolute atomic E-state index is 0.259. The van der Waals surface area contributed by atoms with E-state index in [1.165, 1.54) is 0 Å². The fraction of sp³-hybridized carbons (Fsp3) is 0.600. The lowest BCUT2D eigenvalue weighted by atomic mass is 9.82. The molecule has 0 radical (unpaired) electrons. The highest BCUT2D eigenvalue weighted by Crippen LogP contribution is 2.29. The molecule has 0 aromatic heterocycles. The second-order valence-electron chi connectivity index (χ2n) is 5.29. The van der Waals surface area contributed by atoms with Crippen LogP contribution in [0, 0.1) is 10.8 Å². The van der Waals surface area contributed by atoms with E-state index in [9.17, 15) is 0 Å². The Bertz CT molecular complexity index is 264. The molecule has 0 fully saturated rings. The third kappa shape index (κ3) is 6.93. The molecule has 116 valence electrons. The molecule has 0 heteroatoms. The highest BCUT2D eigenvalue weighted by atomic mass is 14.2. The van der Waals surface area contributed by atoms with Crippen molar-refractivity contribution in [2.24, 2.45) is 10.8 Å². The average molecular weight is 277 g/mol. The fourth-order valence-corrected chi connectivity index (χ4v) is 2.35. The van der Waals surface area contributed by atoms with Gasteiger partial charge in [-0.15, -0.1) is 13.2 Å². The van der Waals surface area contributed by atoms with Gasteiger partial charge in [-0.3, -0.25) is 0 Å². The van der Waals surface area contributed by atoms with Crippen molar-refractivity contribution in [1.82, 2.24) is 0 Å². The van der Waals surface area contributed by atoms with Crippen LogP contribution >= 0.6 is 0 Å². The molecule has 0 saturated carbocycles. The first kappa shape index (κ1) is 21.3. The Balaban J connectivity index is 0. The molecular weight excluding hydrogens is 240 g/mol. The summed E-state index contributed by atoms with van der Waals surface area (Å²) in [6.07, 6.45) is 17.4. The van der Waals surface area contributed by atoms with Crippen molar-refractivity contribution in [1.29, 1.82) is 0 Å². The van der Waals surface area contributed by atoms with Crippen molar-refractivity contribution in [3.8, 4) is 0 Å². The first-order chi connectivity index (χ1) is 9.49. The summed E-state index contributed by atoms with van der Waals surface area (Å²) in [5.74, 6) is 0. The van der Waals surface area contributed by atoms with Crippen LogP contribution in [0.2, 0.25) is 0 Å². The second-order valence-corrected chi connectivity index (χ2v) is 5.29. The van der Waals surface area contributed by atoms with Crippen molar-refractivity contribution in [3.05, 3.63) is 49.6 Å². The van der Waals surface area contributed by atoms with Crippen molar-refractivity contribution < 1.29 is 0 Å². The summed E-state index contributed by atoms with van der Waals surface area (Å²) in [5, 5.41) is 0. The zero-order valence-electron chi connectivity index (χ0n) is 14.7. The zero-order valence-corrected chi connectivity index (χ0v) is 14.7. The van der Waals surface area contributed by atoms with Crippen LogP contribution in [0.25, 0.3) is 0 Å². The molecule has 0 rings (SSSR count). The molecule has 0 aliphatic heterocycles. The number of allylic oxidation sites excluding steroid dienone is 6. The zero-order chi connectivity index (χ0) is 16.1. The fourth-order valence-electron chi connectivity index (χ4n) is 2.35. The lowest BCUT2D eigenvalue weighted by molar-refractivity contribution is 0.457. The van der Waals surface area contributed by atoms with Crippen molar-refractivity contribution in [3.63, 3.8) is 0 Å². The summed E-state index contributed by atoms with van der Waals surface area (Å²) in [4.78, 5) is 0. The molecule has 0 spiro atoms. The number of hydrogen-bond donors (Lipinski definition) is 0. The minimum atomic E-state index is 0.259. The van der Waals surface area contributed by atoms with Crippen LogP contribution in [-0.4, -0.2) is 0 Å². The molecule has 0 atom stereocenters. The quantitative estimate of drug-likeness (QED) is 0.414. The van der Waals surface area contributed by atoms with Crippen LogP contribution in [0.3, 0.4) is 0 Å². The molecule has 0 aliphatic carbocycles. The summed E-state index contributed by atoms with van der Waals surface area (Å²) in [5.41, 5.74) is 0.517. The van der Waals surface area contributed by atoms with E-state index in [2.05, 4.69) is 79.0 Å². The van der Waals surface area contributed by atoms with Gasteiger partial charge < -0.3 is 0 Å². The van der Waals surface area contributed by atoms with Crippen molar-refractivity contribution in [2.45, 2.75) is 67.2 Å². The predicted molar refractivity (Wildman–Crippen MR) is 96.1 cm³/mol. The Hall–Kier alpha value is -1.04. The first-order valence-corrected chi connectivity index (χ1v) is 8.04. The molecule has 0 aliphatic rings. The smallest absolute Gasteiger partial charge is 0.00529 e. The lowest BCUT2D eigenvalue weighted by Crippen LogP contribution is -2.10. The van der Waals surface area contributed by atoms with E-state index in [4.69, 9.17) is 0 Å². The molecule has 0 saturated heterocycles. The van der Waals surface area contributed by atoms with E-state index in [-0.39, 0.29) is 10.8 Å². The van der Waals surface area contributed by atoms with Crippen molar-refractivity contribution >= 4 is 0 Å². The largest absolute Gasteiger partial charge is 0.102 e. The topological polar surface area (TPSA) is 0 Å². The van der Waals surface area contributed by atoms with Crippen LogP contribution in [-0.2, 0) is 0 Å². The standard InChI is InChI=1S/2C10H18/c2*1-5-9-10(6-2,7-3)8-4/h2*5-6,9H,2,7-8H2,1,3-4H3. The van der Waals surface area contributed by atoms with Crippen LogP contribution in [0.5, 0.6) is 0 Å². The van der Waals surface area contributed by atoms with Crippen molar-refractivity contribution in [2.75, 3.05) is 0 Å². The van der Waals surface area contributed by atoms with E-state index in [0.29, 0.717) is 0 Å². The molecule has 0 N–H and O–H groups in total. The molecule has 20 heavy (non-hydrogen) atoms. The van der Waals surface area contributed by atoms with E-state index in [1.807, 2.05) is 12.2 Å². The molecular formula is C20H36. The average Bonchev–Trinajstić information content (AvgIpc) is 2.51. The summed E-state index contributed by atoms with van der Waals surface area (Å²) in [7, 11) is 0. The van der Waals surface area contributed by atoms with E-state index < -0.39 is 0 Å². The third-order valence-electron chi connectivity index (χ3n) is 4.44. The predicted octanol–water partition coefficient (Wildman–Crippen LogP) is 7.11. The molecule has 0 bridgehead atoms. The van der Waals surface area contributed by atoms with Gasteiger partial charge in [0.25, 0.3) is 0 Å². The third-order valence-corrected chi connectivity index (χ3v) is 4.44. The van der Waals surface area contributed by atoms with Gasteiger partial charge in [0.15, 0.2) is 0 Å². The Kier molecular flexibility index (Phi) is 12.5. The Labute approximate surface area is 128 Å². The Morgan fingerprint density at radius 2 is 0.900 bits per heavy atom. The normalized spacial score (nSPS) is 12.3. The Morgan fingerprint density at radius 1 is 0.650 bits per heavy atom. The number of hydrogen-bond acceptors (Lipinski definition) is 0. The van der Waals surface area contributed by atoms with Gasteiger partial charge in [-0.05, 0) is 39.5 Å². The van der Waals surface area contributed by atoms with Crippen LogP contribution in [0.4, 0.5) is 0 Å². The van der Waals surface area contributed by atoms with Crippen LogP contribution in [0.15, 0.2) is 49.6 Å². The highest BCUT2D eigenvalue weighted by Gasteiger charge is 2.17. The second kappa shape index (κ2) is 11.8. The van der Waals surface area contributed by atoms with Crippen LogP contribution in [0.1, 0.15) is 67.2 Å². The molecule has 0 amide bonds. The summed E-state index contributed by atoms with van der Waals surface area (Å²) < 4.78 is 0. The lowest BCUT2D eigenvalue weighted by Gasteiger charge is -2.22. The summed E-state index contributed by atoms with van der Waals surface area (Å²) in [6, 6.07) is 0. The van der Waals surface area contributed by atoms with Gasteiger partial charge in [-0.1, -0.05) is 64.2 Å². The van der Waals surface area contributed by atoms with Gasteiger partial charge in [0.1, 0.15) is 0 Å². The van der Waals surface area contributed by atoms with Crippen LogP contribution < -0.4 is 0 Å². The van der Waals surface area contributed by atoms with Gasteiger partial charge in [-0.2, -0.15) is 0 Å². The SMILES string of the molecule is C=CC(C=CC)(CC)CC.C=CC(C=CC)(CC)CC. The van der Waals surface area contributed by atoms with E-state index in [0.717, 1.165) is 25.7 Å². The van der Waals surface area contributed by atoms with Gasteiger partial charge in [0, 0.05) is 10.8 Å². The molecule has 0 nitrogen and oxygen atoms in total. The first-order valence-electron chi connectivity index (χ1n) is 8.04. The van der Waals surface area contributed by atoms with Gasteiger partial charge in [-0.25, -0.2) is 0 Å². The molecule has 0 heterocycles. The molecule has 0 aromatic carbocycles. The highest BCUT2D eigenvalue weighted by molar-refractivity contribution is 5.08. The van der Waals surface area contributed by atoms with Gasteiger partial charge in [0.2, 0.25) is 0 Å². The van der Waals surface area contributed by atoms with E-state index >= 15 is 0 Å². The van der Waals surface area contributed by atoms with Gasteiger partial charge in [0.05, 0.1) is 0 Å². The summed E-state index contributed by atoms with van der Waals surface area (Å²) in [6.45, 7) is 20.6. The maximum atomic E-state index is 3.84. The maximum Gasteiger partial charge on any atom is 0.00529 e. The summed E-state index contributed by atoms with van der Waals surface area (Å²) >= 11 is 0. The Morgan fingerprint density at radius 3 is 0.950 bits per heavy atom. The molecule has 0 aromatic rings. The minimum Gasteiger partial charge on any atom is -0.102 e. The number of rotatable bonds is 8. The molecule has 0 unspecified atom stereocenters. The van der Waals surface area contributed by atoms with E-state index in [1.54, 1.807) is 0 Å². The maximum absolute atomic E-state index is 3.84.